The van der Waals surface area contributed by atoms with Gasteiger partial charge in [-0.05, 0) is 63.1 Å². The van der Waals surface area contributed by atoms with Crippen LogP contribution in [0.4, 0.5) is 11.4 Å². The van der Waals surface area contributed by atoms with Gasteiger partial charge >= 0.3 is 0 Å². The van der Waals surface area contributed by atoms with Gasteiger partial charge in [-0.15, -0.1) is 0 Å². The van der Waals surface area contributed by atoms with Crippen molar-refractivity contribution in [1.29, 1.82) is 0 Å². The average Bonchev–Trinajstić information content (AvgIpc) is 3.11. The van der Waals surface area contributed by atoms with Gasteiger partial charge in [-0.3, -0.25) is 4.79 Å². The van der Waals surface area contributed by atoms with Crippen molar-refractivity contribution in [3.63, 3.8) is 0 Å². The van der Waals surface area contributed by atoms with Crippen LogP contribution in [0.25, 0.3) is 0 Å². The third-order valence-electron chi connectivity index (χ3n) is 4.39. The van der Waals surface area contributed by atoms with Crippen LogP contribution in [0.5, 0.6) is 5.75 Å². The Labute approximate surface area is 164 Å². The first-order chi connectivity index (χ1) is 12.4. The highest BCUT2D eigenvalue weighted by Gasteiger charge is 2.31. The fourth-order valence-electron chi connectivity index (χ4n) is 2.99. The van der Waals surface area contributed by atoms with Crippen molar-refractivity contribution in [2.45, 2.75) is 32.3 Å². The Kier molecular flexibility index (Phi) is 5.64. The van der Waals surface area contributed by atoms with E-state index >= 15 is 0 Å². The Morgan fingerprint density at radius 3 is 2.38 bits per heavy atom. The van der Waals surface area contributed by atoms with Crippen LogP contribution in [-0.2, 0) is 4.79 Å². The van der Waals surface area contributed by atoms with Gasteiger partial charge in [0.1, 0.15) is 5.75 Å². The van der Waals surface area contributed by atoms with Crippen LogP contribution in [-0.4, -0.2) is 24.6 Å². The number of benzene rings is 2. The molecular formula is C20H22Cl2N2O2. The highest BCUT2D eigenvalue weighted by atomic mass is 35.5. The number of anilines is 2. The van der Waals surface area contributed by atoms with Crippen molar-refractivity contribution >= 4 is 40.5 Å². The van der Waals surface area contributed by atoms with E-state index in [0.29, 0.717) is 21.5 Å². The molecule has 1 aliphatic heterocycles. The number of amides is 1. The number of hydrogen-bond donors (Lipinski definition) is 1. The van der Waals surface area contributed by atoms with Crippen molar-refractivity contribution < 1.29 is 9.53 Å². The Morgan fingerprint density at radius 1 is 1.08 bits per heavy atom. The molecule has 1 aliphatic rings. The quantitative estimate of drug-likeness (QED) is 0.741. The van der Waals surface area contributed by atoms with Crippen LogP contribution in [0.1, 0.15) is 26.7 Å². The zero-order chi connectivity index (χ0) is 18.7. The predicted molar refractivity (Wildman–Crippen MR) is 108 cm³/mol. The van der Waals surface area contributed by atoms with E-state index in [1.54, 1.807) is 38.1 Å². The summed E-state index contributed by atoms with van der Waals surface area (Å²) in [6.45, 7) is 5.35. The standard InChI is InChI=1S/C20H22Cl2N2O2/c1-20(2,26-15-10-8-14(21)9-11-15)19(25)23-17-7-5-6-16(22)18(17)24-12-3-4-13-24/h5-11H,3-4,12-13H2,1-2H3,(H,23,25). The maximum absolute atomic E-state index is 12.9. The number of carbonyl (C=O) groups excluding carboxylic acids is 1. The molecule has 0 saturated carbocycles. The third kappa shape index (κ3) is 4.25. The molecule has 1 heterocycles. The fourth-order valence-corrected chi connectivity index (χ4v) is 3.41. The second-order valence-electron chi connectivity index (χ2n) is 6.85. The minimum absolute atomic E-state index is 0.241. The SMILES string of the molecule is CC(C)(Oc1ccc(Cl)cc1)C(=O)Nc1cccc(Cl)c1N1CCCC1. The summed E-state index contributed by atoms with van der Waals surface area (Å²) < 4.78 is 5.87. The highest BCUT2D eigenvalue weighted by Crippen LogP contribution is 2.36. The summed E-state index contributed by atoms with van der Waals surface area (Å²) in [5.41, 5.74) is 0.526. The minimum Gasteiger partial charge on any atom is -0.478 e. The number of carbonyl (C=O) groups is 1. The lowest BCUT2D eigenvalue weighted by molar-refractivity contribution is -0.128. The molecule has 4 nitrogen and oxygen atoms in total. The lowest BCUT2D eigenvalue weighted by Crippen LogP contribution is -2.42. The van der Waals surface area contributed by atoms with Gasteiger partial charge in [0.25, 0.3) is 5.91 Å². The second kappa shape index (κ2) is 7.77. The molecule has 138 valence electrons. The molecule has 1 amide bonds. The Morgan fingerprint density at radius 2 is 1.73 bits per heavy atom. The lowest BCUT2D eigenvalue weighted by Gasteiger charge is -2.28. The molecule has 0 bridgehead atoms. The number of halogens is 2. The summed E-state index contributed by atoms with van der Waals surface area (Å²) >= 11 is 12.3. The zero-order valence-electron chi connectivity index (χ0n) is 14.9. The maximum atomic E-state index is 12.9. The first kappa shape index (κ1) is 18.9. The molecule has 0 aliphatic carbocycles. The van der Waals surface area contributed by atoms with Gasteiger partial charge in [0.05, 0.1) is 16.4 Å². The monoisotopic (exact) mass is 392 g/mol. The molecule has 0 atom stereocenters. The van der Waals surface area contributed by atoms with E-state index < -0.39 is 5.60 Å². The molecule has 2 aromatic carbocycles. The molecule has 6 heteroatoms. The third-order valence-corrected chi connectivity index (χ3v) is 4.95. The topological polar surface area (TPSA) is 41.6 Å². The zero-order valence-corrected chi connectivity index (χ0v) is 16.4. The molecule has 1 N–H and O–H groups in total. The van der Waals surface area contributed by atoms with E-state index in [1.807, 2.05) is 18.2 Å². The fraction of sp³-hybridized carbons (Fsp3) is 0.350. The molecule has 0 unspecified atom stereocenters. The number of para-hydroxylation sites is 1. The molecule has 2 aromatic rings. The van der Waals surface area contributed by atoms with Crippen LogP contribution in [0.2, 0.25) is 10.0 Å². The second-order valence-corrected chi connectivity index (χ2v) is 7.69. The summed E-state index contributed by atoms with van der Waals surface area (Å²) in [6.07, 6.45) is 2.26. The van der Waals surface area contributed by atoms with Crippen molar-refractivity contribution in [1.82, 2.24) is 0 Å². The number of hydrogen-bond acceptors (Lipinski definition) is 3. The molecule has 3 rings (SSSR count). The molecule has 0 radical (unpaired) electrons. The van der Waals surface area contributed by atoms with Crippen molar-refractivity contribution in [2.75, 3.05) is 23.3 Å². The summed E-state index contributed by atoms with van der Waals surface area (Å²) in [6, 6.07) is 12.5. The van der Waals surface area contributed by atoms with Crippen LogP contribution in [0.3, 0.4) is 0 Å². The van der Waals surface area contributed by atoms with E-state index in [9.17, 15) is 4.79 Å². The van der Waals surface area contributed by atoms with Gasteiger partial charge in [0.2, 0.25) is 0 Å². The summed E-state index contributed by atoms with van der Waals surface area (Å²) in [7, 11) is 0. The average molecular weight is 393 g/mol. The van der Waals surface area contributed by atoms with Crippen molar-refractivity contribution in [2.24, 2.45) is 0 Å². The van der Waals surface area contributed by atoms with Gasteiger partial charge in [-0.1, -0.05) is 29.3 Å². The van der Waals surface area contributed by atoms with Crippen LogP contribution in [0.15, 0.2) is 42.5 Å². The Hall–Kier alpha value is -1.91. The molecule has 1 fully saturated rings. The maximum Gasteiger partial charge on any atom is 0.268 e. The lowest BCUT2D eigenvalue weighted by atomic mass is 10.1. The number of rotatable bonds is 5. The Balaban J connectivity index is 1.78. The van der Waals surface area contributed by atoms with Gasteiger partial charge < -0.3 is 15.0 Å². The largest absolute Gasteiger partial charge is 0.478 e. The van der Waals surface area contributed by atoms with Gasteiger partial charge in [0.15, 0.2) is 5.60 Å². The van der Waals surface area contributed by atoms with E-state index in [1.165, 1.54) is 0 Å². The highest BCUT2D eigenvalue weighted by molar-refractivity contribution is 6.34. The minimum atomic E-state index is -1.06. The van der Waals surface area contributed by atoms with E-state index in [2.05, 4.69) is 10.2 Å². The normalized spacial score (nSPS) is 14.4. The van der Waals surface area contributed by atoms with Crippen LogP contribution < -0.4 is 15.0 Å². The van der Waals surface area contributed by atoms with Crippen molar-refractivity contribution in [3.05, 3.63) is 52.5 Å². The van der Waals surface area contributed by atoms with Crippen LogP contribution in [0, 0.1) is 0 Å². The van der Waals surface area contributed by atoms with E-state index in [4.69, 9.17) is 27.9 Å². The molecular weight excluding hydrogens is 371 g/mol. The number of ether oxygens (including phenoxy) is 1. The first-order valence-electron chi connectivity index (χ1n) is 8.66. The molecule has 0 aromatic heterocycles. The van der Waals surface area contributed by atoms with Crippen molar-refractivity contribution in [3.8, 4) is 5.75 Å². The van der Waals surface area contributed by atoms with E-state index in [0.717, 1.165) is 31.6 Å². The molecule has 26 heavy (non-hydrogen) atoms. The number of nitrogens with one attached hydrogen (secondary N) is 1. The van der Waals surface area contributed by atoms with Gasteiger partial charge in [-0.25, -0.2) is 0 Å². The summed E-state index contributed by atoms with van der Waals surface area (Å²) in [5, 5.41) is 4.24. The molecule has 1 saturated heterocycles. The van der Waals surface area contributed by atoms with Gasteiger partial charge in [0, 0.05) is 18.1 Å². The Bertz CT molecular complexity index is 785. The first-order valence-corrected chi connectivity index (χ1v) is 9.42. The van der Waals surface area contributed by atoms with Gasteiger partial charge in [-0.2, -0.15) is 0 Å². The number of nitrogens with zero attached hydrogens (tertiary/aromatic N) is 1. The summed E-state index contributed by atoms with van der Waals surface area (Å²) in [5.74, 6) is 0.343. The predicted octanol–water partition coefficient (Wildman–Crippen LogP) is 5.39. The molecule has 0 spiro atoms. The van der Waals surface area contributed by atoms with Crippen LogP contribution >= 0.6 is 23.2 Å². The van der Waals surface area contributed by atoms with E-state index in [-0.39, 0.29) is 5.91 Å². The summed E-state index contributed by atoms with van der Waals surface area (Å²) in [4.78, 5) is 15.1. The smallest absolute Gasteiger partial charge is 0.268 e.